The van der Waals surface area contributed by atoms with Crippen molar-refractivity contribution in [2.45, 2.75) is 44.7 Å². The van der Waals surface area contributed by atoms with Gasteiger partial charge < -0.3 is 10.6 Å². The number of halogens is 1. The van der Waals surface area contributed by atoms with Gasteiger partial charge in [-0.2, -0.15) is 0 Å². The first kappa shape index (κ1) is 19.5. The van der Waals surface area contributed by atoms with Gasteiger partial charge in [0.2, 0.25) is 0 Å². The van der Waals surface area contributed by atoms with E-state index in [2.05, 4.69) is 29.2 Å². The normalized spacial score (nSPS) is 14.1. The fraction of sp³-hybridized carbons (Fsp3) is 0.381. The first-order chi connectivity index (χ1) is 11.8. The van der Waals surface area contributed by atoms with Crippen molar-refractivity contribution in [3.8, 4) is 0 Å². The number of benzene rings is 2. The van der Waals surface area contributed by atoms with Crippen molar-refractivity contribution in [2.24, 2.45) is 5.73 Å². The van der Waals surface area contributed by atoms with Crippen LogP contribution in [0.5, 0.6) is 0 Å². The van der Waals surface area contributed by atoms with Crippen molar-refractivity contribution in [1.29, 1.82) is 0 Å². The molecule has 1 fully saturated rings. The van der Waals surface area contributed by atoms with Crippen LogP contribution in [0, 0.1) is 0 Å². The molecular formula is C21H27ClN2O. The molecule has 1 aliphatic rings. The second-order valence-corrected chi connectivity index (χ2v) is 6.58. The average molecular weight is 359 g/mol. The molecule has 1 saturated carbocycles. The average Bonchev–Trinajstić information content (AvgIpc) is 3.17. The van der Waals surface area contributed by atoms with Gasteiger partial charge in [0.1, 0.15) is 0 Å². The smallest absolute Gasteiger partial charge is 0.254 e. The lowest BCUT2D eigenvalue weighted by molar-refractivity contribution is 0.0684. The fourth-order valence-electron chi connectivity index (χ4n) is 3.56. The predicted octanol–water partition coefficient (Wildman–Crippen LogP) is 4.19. The van der Waals surface area contributed by atoms with Crippen molar-refractivity contribution in [3.63, 3.8) is 0 Å². The topological polar surface area (TPSA) is 46.3 Å². The largest absolute Gasteiger partial charge is 0.335 e. The van der Waals surface area contributed by atoms with E-state index in [0.29, 0.717) is 12.6 Å². The molecule has 3 nitrogen and oxygen atoms in total. The van der Waals surface area contributed by atoms with Crippen LogP contribution in [0.3, 0.4) is 0 Å². The number of nitrogens with two attached hydrogens (primary N) is 1. The lowest BCUT2D eigenvalue weighted by atomic mass is 10.1. The van der Waals surface area contributed by atoms with E-state index in [1.54, 1.807) is 0 Å². The van der Waals surface area contributed by atoms with Crippen molar-refractivity contribution in [2.75, 3.05) is 6.54 Å². The predicted molar refractivity (Wildman–Crippen MR) is 105 cm³/mol. The molecule has 1 aliphatic carbocycles. The monoisotopic (exact) mass is 358 g/mol. The molecule has 0 atom stereocenters. The Morgan fingerprint density at radius 1 is 1.00 bits per heavy atom. The lowest BCUT2D eigenvalue weighted by Crippen LogP contribution is -2.40. The van der Waals surface area contributed by atoms with Gasteiger partial charge in [-0.05, 0) is 42.5 Å². The van der Waals surface area contributed by atoms with Crippen LogP contribution in [-0.2, 0) is 13.0 Å². The van der Waals surface area contributed by atoms with Crippen molar-refractivity contribution in [3.05, 3.63) is 71.3 Å². The molecule has 0 heterocycles. The van der Waals surface area contributed by atoms with Crippen LogP contribution < -0.4 is 5.73 Å². The highest BCUT2D eigenvalue weighted by atomic mass is 35.5. The summed E-state index contributed by atoms with van der Waals surface area (Å²) < 4.78 is 0. The number of carbonyl (C=O) groups excluding carboxylic acids is 1. The molecule has 1 amide bonds. The van der Waals surface area contributed by atoms with E-state index in [1.165, 1.54) is 18.4 Å². The quantitative estimate of drug-likeness (QED) is 0.841. The molecule has 0 bridgehead atoms. The Morgan fingerprint density at radius 2 is 1.68 bits per heavy atom. The fourth-order valence-corrected chi connectivity index (χ4v) is 3.56. The van der Waals surface area contributed by atoms with Crippen molar-refractivity contribution < 1.29 is 4.79 Å². The summed E-state index contributed by atoms with van der Waals surface area (Å²) in [5.41, 5.74) is 8.78. The summed E-state index contributed by atoms with van der Waals surface area (Å²) in [6.45, 7) is 1.24. The molecule has 2 N–H and O–H groups in total. The number of rotatable bonds is 6. The minimum absolute atomic E-state index is 0. The summed E-state index contributed by atoms with van der Waals surface area (Å²) in [6.07, 6.45) is 5.60. The third kappa shape index (κ3) is 5.07. The number of nitrogens with zero attached hydrogens (tertiary/aromatic N) is 1. The number of hydrogen-bond donors (Lipinski definition) is 1. The molecule has 0 unspecified atom stereocenters. The zero-order chi connectivity index (χ0) is 16.8. The van der Waals surface area contributed by atoms with Gasteiger partial charge in [-0.3, -0.25) is 4.79 Å². The summed E-state index contributed by atoms with van der Waals surface area (Å²) in [7, 11) is 0. The minimum atomic E-state index is 0. The van der Waals surface area contributed by atoms with Crippen LogP contribution in [0.2, 0.25) is 0 Å². The summed E-state index contributed by atoms with van der Waals surface area (Å²) in [5.74, 6) is 0.146. The van der Waals surface area contributed by atoms with E-state index in [0.717, 1.165) is 36.9 Å². The third-order valence-electron chi connectivity index (χ3n) is 4.92. The number of amides is 1. The molecule has 0 radical (unpaired) electrons. The second kappa shape index (κ2) is 9.59. The van der Waals surface area contributed by atoms with Crippen molar-refractivity contribution >= 4 is 18.3 Å². The highest BCUT2D eigenvalue weighted by Gasteiger charge is 2.27. The van der Waals surface area contributed by atoms with Gasteiger partial charge in [0.05, 0.1) is 0 Å². The summed E-state index contributed by atoms with van der Waals surface area (Å²) >= 11 is 0. The van der Waals surface area contributed by atoms with E-state index < -0.39 is 0 Å². The Balaban J connectivity index is 0.00000225. The Morgan fingerprint density at radius 3 is 2.36 bits per heavy atom. The molecular weight excluding hydrogens is 332 g/mol. The Labute approximate surface area is 156 Å². The van der Waals surface area contributed by atoms with Gasteiger partial charge in [0.25, 0.3) is 5.91 Å². The molecule has 134 valence electrons. The zero-order valence-electron chi connectivity index (χ0n) is 14.6. The minimum Gasteiger partial charge on any atom is -0.335 e. The maximum atomic E-state index is 13.1. The zero-order valence-corrected chi connectivity index (χ0v) is 15.4. The van der Waals surface area contributed by atoms with Gasteiger partial charge >= 0.3 is 0 Å². The molecule has 2 aromatic rings. The van der Waals surface area contributed by atoms with E-state index in [1.807, 2.05) is 30.3 Å². The first-order valence-corrected chi connectivity index (χ1v) is 8.92. The molecule has 0 saturated heterocycles. The number of carbonyl (C=O) groups is 1. The van der Waals surface area contributed by atoms with Gasteiger partial charge in [-0.25, -0.2) is 0 Å². The second-order valence-electron chi connectivity index (χ2n) is 6.58. The van der Waals surface area contributed by atoms with E-state index in [9.17, 15) is 4.79 Å². The van der Waals surface area contributed by atoms with Gasteiger partial charge in [0, 0.05) is 24.7 Å². The summed E-state index contributed by atoms with van der Waals surface area (Å²) in [6, 6.07) is 18.5. The SMILES string of the molecule is Cl.NCc1cccc(C(=O)N(CCc2ccccc2)C2CCCC2)c1. The van der Waals surface area contributed by atoms with Crippen LogP contribution in [0.4, 0.5) is 0 Å². The van der Waals surface area contributed by atoms with Gasteiger partial charge in [0.15, 0.2) is 0 Å². The Kier molecular flexibility index (Phi) is 7.48. The van der Waals surface area contributed by atoms with Gasteiger partial charge in [-0.1, -0.05) is 55.3 Å². The van der Waals surface area contributed by atoms with E-state index in [4.69, 9.17) is 5.73 Å². The Hall–Kier alpha value is -1.84. The molecule has 4 heteroatoms. The third-order valence-corrected chi connectivity index (χ3v) is 4.92. The Bertz CT molecular complexity index is 669. The molecule has 2 aromatic carbocycles. The lowest BCUT2D eigenvalue weighted by Gasteiger charge is -2.29. The maximum absolute atomic E-state index is 13.1. The highest BCUT2D eigenvalue weighted by molar-refractivity contribution is 5.94. The van der Waals surface area contributed by atoms with E-state index >= 15 is 0 Å². The number of hydrogen-bond acceptors (Lipinski definition) is 2. The summed E-state index contributed by atoms with van der Waals surface area (Å²) in [5, 5.41) is 0. The van der Waals surface area contributed by atoms with Crippen molar-refractivity contribution in [1.82, 2.24) is 4.90 Å². The molecule has 0 spiro atoms. The standard InChI is InChI=1S/C21H26N2O.ClH/c22-16-18-9-6-10-19(15-18)21(24)23(20-11-4-5-12-20)14-13-17-7-2-1-3-8-17;/h1-3,6-10,15,20H,4-5,11-14,16,22H2;1H. The molecule has 0 aromatic heterocycles. The van der Waals surface area contributed by atoms with E-state index in [-0.39, 0.29) is 18.3 Å². The molecule has 0 aliphatic heterocycles. The van der Waals surface area contributed by atoms with Crippen LogP contribution in [-0.4, -0.2) is 23.4 Å². The highest BCUT2D eigenvalue weighted by Crippen LogP contribution is 2.25. The first-order valence-electron chi connectivity index (χ1n) is 8.92. The maximum Gasteiger partial charge on any atom is 0.254 e. The van der Waals surface area contributed by atoms with Crippen LogP contribution in [0.15, 0.2) is 54.6 Å². The van der Waals surface area contributed by atoms with Crippen LogP contribution in [0.1, 0.15) is 47.2 Å². The van der Waals surface area contributed by atoms with Crippen LogP contribution in [0.25, 0.3) is 0 Å². The summed E-state index contributed by atoms with van der Waals surface area (Å²) in [4.78, 5) is 15.2. The molecule has 3 rings (SSSR count). The van der Waals surface area contributed by atoms with Gasteiger partial charge in [-0.15, -0.1) is 12.4 Å². The van der Waals surface area contributed by atoms with Crippen LogP contribution >= 0.6 is 12.4 Å². The molecule has 25 heavy (non-hydrogen) atoms.